The van der Waals surface area contributed by atoms with Crippen molar-refractivity contribution in [2.24, 2.45) is 0 Å². The van der Waals surface area contributed by atoms with Gasteiger partial charge in [-0.05, 0) is 32.9 Å². The number of aliphatic hydroxyl groups is 1. The van der Waals surface area contributed by atoms with Gasteiger partial charge in [0.05, 0.1) is 12.1 Å². The van der Waals surface area contributed by atoms with Crippen LogP contribution in [0.15, 0.2) is 0 Å². The van der Waals surface area contributed by atoms with Crippen molar-refractivity contribution in [2.45, 2.75) is 50.7 Å². The Morgan fingerprint density at radius 2 is 2.13 bits per heavy atom. The predicted octanol–water partition coefficient (Wildman–Crippen LogP) is 0.406. The summed E-state index contributed by atoms with van der Waals surface area (Å²) >= 11 is 0. The molecule has 4 nitrogen and oxygen atoms in total. The molecule has 3 N–H and O–H groups in total. The molecule has 1 amide bonds. The summed E-state index contributed by atoms with van der Waals surface area (Å²) in [5, 5.41) is 15.6. The zero-order valence-corrected chi connectivity index (χ0v) is 9.46. The minimum absolute atomic E-state index is 0.0131. The lowest BCUT2D eigenvalue weighted by atomic mass is 9.92. The van der Waals surface area contributed by atoms with Crippen LogP contribution in [0.25, 0.3) is 0 Å². The smallest absolute Gasteiger partial charge is 0.220 e. The van der Waals surface area contributed by atoms with Crippen LogP contribution in [0.1, 0.15) is 38.5 Å². The molecule has 88 valence electrons. The van der Waals surface area contributed by atoms with Crippen LogP contribution in [0.4, 0.5) is 0 Å². The maximum absolute atomic E-state index is 11.5. The molecule has 15 heavy (non-hydrogen) atoms. The SMILES string of the molecule is CNCCCC(=O)N[C@H]1CCCC[C@@H]1O. The third-order valence-electron chi connectivity index (χ3n) is 2.91. The topological polar surface area (TPSA) is 61.4 Å². The van der Waals surface area contributed by atoms with E-state index in [9.17, 15) is 9.90 Å². The molecule has 0 aromatic carbocycles. The molecule has 1 rings (SSSR count). The van der Waals surface area contributed by atoms with Crippen LogP contribution in [-0.4, -0.2) is 36.8 Å². The highest BCUT2D eigenvalue weighted by atomic mass is 16.3. The van der Waals surface area contributed by atoms with E-state index in [1.807, 2.05) is 7.05 Å². The van der Waals surface area contributed by atoms with Gasteiger partial charge in [-0.1, -0.05) is 12.8 Å². The fraction of sp³-hybridized carbons (Fsp3) is 0.909. The number of nitrogens with one attached hydrogen (secondary N) is 2. The Bertz CT molecular complexity index is 197. The fourth-order valence-corrected chi connectivity index (χ4v) is 1.98. The first kappa shape index (κ1) is 12.5. The van der Waals surface area contributed by atoms with Gasteiger partial charge in [0.1, 0.15) is 0 Å². The van der Waals surface area contributed by atoms with E-state index >= 15 is 0 Å². The first-order chi connectivity index (χ1) is 7.24. The van der Waals surface area contributed by atoms with Crippen molar-refractivity contribution in [3.8, 4) is 0 Å². The Morgan fingerprint density at radius 1 is 1.40 bits per heavy atom. The normalized spacial score (nSPS) is 26.3. The van der Waals surface area contributed by atoms with Crippen LogP contribution >= 0.6 is 0 Å². The van der Waals surface area contributed by atoms with E-state index in [4.69, 9.17) is 0 Å². The van der Waals surface area contributed by atoms with Crippen molar-refractivity contribution in [1.29, 1.82) is 0 Å². The van der Waals surface area contributed by atoms with Gasteiger partial charge in [0, 0.05) is 6.42 Å². The Morgan fingerprint density at radius 3 is 2.80 bits per heavy atom. The maximum atomic E-state index is 11.5. The Balaban J connectivity index is 2.18. The molecule has 1 fully saturated rings. The molecule has 0 saturated heterocycles. The lowest BCUT2D eigenvalue weighted by Crippen LogP contribution is -2.45. The number of hydrogen-bond acceptors (Lipinski definition) is 3. The molecule has 0 aliphatic heterocycles. The maximum Gasteiger partial charge on any atom is 0.220 e. The van der Waals surface area contributed by atoms with E-state index in [-0.39, 0.29) is 18.1 Å². The number of carbonyl (C=O) groups excluding carboxylic acids is 1. The van der Waals surface area contributed by atoms with Crippen LogP contribution in [0.2, 0.25) is 0 Å². The van der Waals surface area contributed by atoms with Crippen LogP contribution in [0.3, 0.4) is 0 Å². The molecule has 1 aliphatic carbocycles. The van der Waals surface area contributed by atoms with Crippen LogP contribution in [0.5, 0.6) is 0 Å². The van der Waals surface area contributed by atoms with Gasteiger partial charge in [0.25, 0.3) is 0 Å². The van der Waals surface area contributed by atoms with Gasteiger partial charge in [-0.25, -0.2) is 0 Å². The molecular weight excluding hydrogens is 192 g/mol. The summed E-state index contributed by atoms with van der Waals surface area (Å²) in [4.78, 5) is 11.5. The second kappa shape index (κ2) is 6.80. The zero-order chi connectivity index (χ0) is 11.1. The summed E-state index contributed by atoms with van der Waals surface area (Å²) in [6, 6.07) is -0.0131. The third-order valence-corrected chi connectivity index (χ3v) is 2.91. The zero-order valence-electron chi connectivity index (χ0n) is 9.46. The van der Waals surface area contributed by atoms with Gasteiger partial charge in [0.15, 0.2) is 0 Å². The second-order valence-corrected chi connectivity index (χ2v) is 4.23. The van der Waals surface area contributed by atoms with Gasteiger partial charge in [-0.3, -0.25) is 4.79 Å². The number of aliphatic hydroxyl groups excluding tert-OH is 1. The standard InChI is InChI=1S/C11H22N2O2/c1-12-8-4-7-11(15)13-9-5-2-3-6-10(9)14/h9-10,12,14H,2-8H2,1H3,(H,13,15)/t9-,10-/m0/s1. The number of amides is 1. The van der Waals surface area contributed by atoms with Gasteiger partial charge in [-0.2, -0.15) is 0 Å². The van der Waals surface area contributed by atoms with E-state index < -0.39 is 0 Å². The summed E-state index contributed by atoms with van der Waals surface area (Å²) < 4.78 is 0. The average molecular weight is 214 g/mol. The van der Waals surface area contributed by atoms with Gasteiger partial charge in [0.2, 0.25) is 5.91 Å². The van der Waals surface area contributed by atoms with E-state index in [2.05, 4.69) is 10.6 Å². The van der Waals surface area contributed by atoms with E-state index in [1.165, 1.54) is 0 Å². The Labute approximate surface area is 91.4 Å². The van der Waals surface area contributed by atoms with Crippen LogP contribution in [-0.2, 0) is 4.79 Å². The van der Waals surface area contributed by atoms with Crippen molar-refractivity contribution < 1.29 is 9.90 Å². The molecule has 0 heterocycles. The molecule has 0 bridgehead atoms. The van der Waals surface area contributed by atoms with Crippen LogP contribution in [0, 0.1) is 0 Å². The molecule has 2 atom stereocenters. The van der Waals surface area contributed by atoms with Crippen molar-refractivity contribution in [2.75, 3.05) is 13.6 Å². The van der Waals surface area contributed by atoms with Crippen molar-refractivity contribution in [3.63, 3.8) is 0 Å². The third kappa shape index (κ3) is 4.62. The van der Waals surface area contributed by atoms with E-state index in [1.54, 1.807) is 0 Å². The number of rotatable bonds is 5. The number of carbonyl (C=O) groups is 1. The minimum Gasteiger partial charge on any atom is -0.391 e. The Hall–Kier alpha value is -0.610. The highest BCUT2D eigenvalue weighted by Gasteiger charge is 2.23. The first-order valence-corrected chi connectivity index (χ1v) is 5.86. The van der Waals surface area contributed by atoms with Gasteiger partial charge >= 0.3 is 0 Å². The molecule has 0 spiro atoms. The average Bonchev–Trinajstić information content (AvgIpc) is 2.22. The molecular formula is C11H22N2O2. The largest absolute Gasteiger partial charge is 0.391 e. The molecule has 1 aliphatic rings. The number of hydrogen-bond donors (Lipinski definition) is 3. The molecule has 0 aromatic heterocycles. The summed E-state index contributed by atoms with van der Waals surface area (Å²) in [5.74, 6) is 0.0659. The molecule has 4 heteroatoms. The summed E-state index contributed by atoms with van der Waals surface area (Å²) in [5.41, 5.74) is 0. The molecule has 0 unspecified atom stereocenters. The van der Waals surface area contributed by atoms with E-state index in [0.29, 0.717) is 6.42 Å². The summed E-state index contributed by atoms with van der Waals surface area (Å²) in [6.07, 6.45) is 4.98. The molecule has 0 radical (unpaired) electrons. The lowest BCUT2D eigenvalue weighted by Gasteiger charge is -2.28. The first-order valence-electron chi connectivity index (χ1n) is 5.86. The van der Waals surface area contributed by atoms with Crippen molar-refractivity contribution >= 4 is 5.91 Å². The summed E-state index contributed by atoms with van der Waals surface area (Å²) in [7, 11) is 1.88. The predicted molar refractivity (Wildman–Crippen MR) is 59.6 cm³/mol. The Kier molecular flexibility index (Phi) is 5.65. The second-order valence-electron chi connectivity index (χ2n) is 4.23. The van der Waals surface area contributed by atoms with Gasteiger partial charge < -0.3 is 15.7 Å². The minimum atomic E-state index is -0.341. The van der Waals surface area contributed by atoms with Gasteiger partial charge in [-0.15, -0.1) is 0 Å². The quantitative estimate of drug-likeness (QED) is 0.581. The molecule has 1 saturated carbocycles. The van der Waals surface area contributed by atoms with Crippen molar-refractivity contribution in [1.82, 2.24) is 10.6 Å². The highest BCUT2D eigenvalue weighted by molar-refractivity contribution is 5.76. The highest BCUT2D eigenvalue weighted by Crippen LogP contribution is 2.18. The fourth-order valence-electron chi connectivity index (χ4n) is 1.98. The van der Waals surface area contributed by atoms with Crippen LogP contribution < -0.4 is 10.6 Å². The monoisotopic (exact) mass is 214 g/mol. The van der Waals surface area contributed by atoms with E-state index in [0.717, 1.165) is 38.6 Å². The van der Waals surface area contributed by atoms with Crippen molar-refractivity contribution in [3.05, 3.63) is 0 Å². The summed E-state index contributed by atoms with van der Waals surface area (Å²) in [6.45, 7) is 0.862. The molecule has 0 aromatic rings. The lowest BCUT2D eigenvalue weighted by molar-refractivity contribution is -0.123.